The van der Waals surface area contributed by atoms with Gasteiger partial charge in [-0.1, -0.05) is 6.07 Å². The van der Waals surface area contributed by atoms with Crippen LogP contribution in [0.3, 0.4) is 0 Å². The van der Waals surface area contributed by atoms with E-state index in [9.17, 15) is 4.79 Å². The Morgan fingerprint density at radius 3 is 2.88 bits per heavy atom. The molecule has 16 heavy (non-hydrogen) atoms. The molecule has 4 heteroatoms. The molecule has 0 unspecified atom stereocenters. The lowest BCUT2D eigenvalue weighted by molar-refractivity contribution is 0.0870. The fourth-order valence-corrected chi connectivity index (χ4v) is 1.27. The van der Waals surface area contributed by atoms with Gasteiger partial charge >= 0.3 is 0 Å². The van der Waals surface area contributed by atoms with Gasteiger partial charge in [-0.15, -0.1) is 0 Å². The highest BCUT2D eigenvalue weighted by atomic mass is 16.5. The van der Waals surface area contributed by atoms with Gasteiger partial charge in [-0.05, 0) is 32.0 Å². The molecule has 0 aromatic heterocycles. The topological polar surface area (TPSA) is 64.3 Å². The number of hydrogen-bond acceptors (Lipinski definition) is 3. The Morgan fingerprint density at radius 1 is 1.50 bits per heavy atom. The first-order valence-electron chi connectivity index (χ1n) is 5.35. The van der Waals surface area contributed by atoms with Crippen LogP contribution in [-0.4, -0.2) is 25.2 Å². The second-order valence-corrected chi connectivity index (χ2v) is 3.79. The van der Waals surface area contributed by atoms with E-state index in [2.05, 4.69) is 5.32 Å². The molecule has 1 amide bonds. The van der Waals surface area contributed by atoms with Gasteiger partial charge in [-0.25, -0.2) is 0 Å². The molecule has 0 saturated heterocycles. The highest BCUT2D eigenvalue weighted by molar-refractivity contribution is 5.93. The Bertz CT molecular complexity index is 351. The smallest absolute Gasteiger partial charge is 0.248 e. The summed E-state index contributed by atoms with van der Waals surface area (Å²) in [6.45, 7) is 5.33. The van der Waals surface area contributed by atoms with E-state index in [4.69, 9.17) is 10.5 Å². The predicted octanol–water partition coefficient (Wildman–Crippen LogP) is 1.62. The van der Waals surface area contributed by atoms with Crippen molar-refractivity contribution in [1.29, 1.82) is 0 Å². The molecular formula is C12H18N2O2. The quantitative estimate of drug-likeness (QED) is 0.719. The summed E-state index contributed by atoms with van der Waals surface area (Å²) in [5.74, 6) is -0.415. The minimum Gasteiger partial charge on any atom is -0.383 e. The van der Waals surface area contributed by atoms with Crippen LogP contribution in [-0.2, 0) is 4.74 Å². The van der Waals surface area contributed by atoms with E-state index in [0.29, 0.717) is 18.7 Å². The maximum Gasteiger partial charge on any atom is 0.248 e. The van der Waals surface area contributed by atoms with Crippen LogP contribution in [0.4, 0.5) is 5.69 Å². The zero-order valence-corrected chi connectivity index (χ0v) is 9.69. The van der Waals surface area contributed by atoms with Gasteiger partial charge in [0.05, 0.1) is 12.7 Å². The highest BCUT2D eigenvalue weighted by Gasteiger charge is 2.00. The summed E-state index contributed by atoms with van der Waals surface area (Å²) in [4.78, 5) is 10.9. The molecule has 0 atom stereocenters. The number of anilines is 1. The summed E-state index contributed by atoms with van der Waals surface area (Å²) >= 11 is 0. The molecule has 1 aromatic rings. The number of carbonyl (C=O) groups is 1. The van der Waals surface area contributed by atoms with Crippen molar-refractivity contribution in [2.75, 3.05) is 18.5 Å². The lowest BCUT2D eigenvalue weighted by atomic mass is 10.2. The molecule has 0 heterocycles. The second kappa shape index (κ2) is 6.12. The van der Waals surface area contributed by atoms with E-state index in [1.807, 2.05) is 19.9 Å². The van der Waals surface area contributed by atoms with Gasteiger partial charge in [0.1, 0.15) is 0 Å². The number of amides is 1. The Balaban J connectivity index is 2.42. The van der Waals surface area contributed by atoms with Crippen LogP contribution in [0.15, 0.2) is 24.3 Å². The van der Waals surface area contributed by atoms with E-state index in [1.54, 1.807) is 18.2 Å². The van der Waals surface area contributed by atoms with Crippen molar-refractivity contribution in [3.05, 3.63) is 29.8 Å². The largest absolute Gasteiger partial charge is 0.383 e. The van der Waals surface area contributed by atoms with Crippen molar-refractivity contribution >= 4 is 11.6 Å². The minimum absolute atomic E-state index is 0.235. The lowest BCUT2D eigenvalue weighted by Gasteiger charge is -2.09. The number of hydrogen-bond donors (Lipinski definition) is 2. The average molecular weight is 222 g/mol. The van der Waals surface area contributed by atoms with Crippen LogP contribution < -0.4 is 11.1 Å². The van der Waals surface area contributed by atoms with Crippen LogP contribution in [0.25, 0.3) is 0 Å². The maximum absolute atomic E-state index is 10.9. The molecule has 0 spiro atoms. The van der Waals surface area contributed by atoms with Gasteiger partial charge < -0.3 is 15.8 Å². The van der Waals surface area contributed by atoms with E-state index in [1.165, 1.54) is 0 Å². The SMILES string of the molecule is CC(C)OCCNc1cccc(C(N)=O)c1. The van der Waals surface area contributed by atoms with Gasteiger partial charge in [0.2, 0.25) is 5.91 Å². The van der Waals surface area contributed by atoms with Crippen molar-refractivity contribution < 1.29 is 9.53 Å². The third kappa shape index (κ3) is 4.31. The molecule has 88 valence electrons. The normalized spacial score (nSPS) is 10.4. The Hall–Kier alpha value is -1.55. The van der Waals surface area contributed by atoms with Crippen LogP contribution >= 0.6 is 0 Å². The van der Waals surface area contributed by atoms with E-state index >= 15 is 0 Å². The van der Waals surface area contributed by atoms with Gasteiger partial charge in [-0.3, -0.25) is 4.79 Å². The number of primary amides is 1. The molecule has 0 saturated carbocycles. The fraction of sp³-hybridized carbons (Fsp3) is 0.417. The van der Waals surface area contributed by atoms with Gasteiger partial charge in [0.25, 0.3) is 0 Å². The average Bonchev–Trinajstić information content (AvgIpc) is 2.24. The zero-order chi connectivity index (χ0) is 12.0. The van der Waals surface area contributed by atoms with Crippen LogP contribution in [0.5, 0.6) is 0 Å². The molecule has 1 rings (SSSR count). The van der Waals surface area contributed by atoms with E-state index < -0.39 is 5.91 Å². The first-order valence-corrected chi connectivity index (χ1v) is 5.35. The lowest BCUT2D eigenvalue weighted by Crippen LogP contribution is -2.14. The van der Waals surface area contributed by atoms with Crippen molar-refractivity contribution in [2.45, 2.75) is 20.0 Å². The highest BCUT2D eigenvalue weighted by Crippen LogP contribution is 2.09. The molecule has 0 aliphatic rings. The third-order valence-electron chi connectivity index (χ3n) is 2.03. The molecule has 0 bridgehead atoms. The molecule has 0 aliphatic heterocycles. The molecule has 0 aliphatic carbocycles. The fourth-order valence-electron chi connectivity index (χ4n) is 1.27. The summed E-state index contributed by atoms with van der Waals surface area (Å²) in [5.41, 5.74) is 6.57. The minimum atomic E-state index is -0.415. The van der Waals surface area contributed by atoms with Crippen molar-refractivity contribution in [3.8, 4) is 0 Å². The molecule has 0 fully saturated rings. The summed E-state index contributed by atoms with van der Waals surface area (Å²) in [6.07, 6.45) is 0.235. The molecule has 1 aromatic carbocycles. The van der Waals surface area contributed by atoms with Gasteiger partial charge in [0, 0.05) is 17.8 Å². The summed E-state index contributed by atoms with van der Waals surface area (Å²) in [5, 5.41) is 3.16. The number of ether oxygens (including phenoxy) is 1. The first-order chi connectivity index (χ1) is 7.59. The van der Waals surface area contributed by atoms with Crippen molar-refractivity contribution in [1.82, 2.24) is 0 Å². The van der Waals surface area contributed by atoms with Crippen molar-refractivity contribution in [2.24, 2.45) is 5.73 Å². The number of rotatable bonds is 6. The van der Waals surface area contributed by atoms with E-state index in [-0.39, 0.29) is 6.10 Å². The Morgan fingerprint density at radius 2 is 2.25 bits per heavy atom. The molecular weight excluding hydrogens is 204 g/mol. The summed E-state index contributed by atoms with van der Waals surface area (Å²) in [7, 11) is 0. The first kappa shape index (κ1) is 12.5. The number of carbonyl (C=O) groups excluding carboxylic acids is 1. The molecule has 3 N–H and O–H groups in total. The van der Waals surface area contributed by atoms with Crippen LogP contribution in [0, 0.1) is 0 Å². The monoisotopic (exact) mass is 222 g/mol. The van der Waals surface area contributed by atoms with E-state index in [0.717, 1.165) is 5.69 Å². The number of nitrogens with one attached hydrogen (secondary N) is 1. The number of benzene rings is 1. The Labute approximate surface area is 95.8 Å². The predicted molar refractivity (Wildman–Crippen MR) is 64.5 cm³/mol. The standard InChI is InChI=1S/C12H18N2O2/c1-9(2)16-7-6-14-11-5-3-4-10(8-11)12(13)15/h3-5,8-9,14H,6-7H2,1-2H3,(H2,13,15). The van der Waals surface area contributed by atoms with Crippen LogP contribution in [0.2, 0.25) is 0 Å². The maximum atomic E-state index is 10.9. The summed E-state index contributed by atoms with van der Waals surface area (Å²) < 4.78 is 5.39. The van der Waals surface area contributed by atoms with Crippen molar-refractivity contribution in [3.63, 3.8) is 0 Å². The third-order valence-corrected chi connectivity index (χ3v) is 2.03. The Kier molecular flexibility index (Phi) is 4.79. The van der Waals surface area contributed by atoms with Crippen LogP contribution in [0.1, 0.15) is 24.2 Å². The zero-order valence-electron chi connectivity index (χ0n) is 9.69. The summed E-state index contributed by atoms with van der Waals surface area (Å²) in [6, 6.07) is 7.11. The number of nitrogens with two attached hydrogens (primary N) is 1. The second-order valence-electron chi connectivity index (χ2n) is 3.79. The van der Waals surface area contributed by atoms with Gasteiger partial charge in [0.15, 0.2) is 0 Å². The van der Waals surface area contributed by atoms with Gasteiger partial charge in [-0.2, -0.15) is 0 Å². The molecule has 4 nitrogen and oxygen atoms in total. The molecule has 0 radical (unpaired) electrons.